The maximum atomic E-state index is 14.3. The Balaban J connectivity index is 1.86. The van der Waals surface area contributed by atoms with Crippen molar-refractivity contribution in [2.45, 2.75) is 40.6 Å². The Kier molecular flexibility index (Phi) is 8.74. The lowest BCUT2D eigenvalue weighted by atomic mass is 9.88. The van der Waals surface area contributed by atoms with E-state index in [2.05, 4.69) is 9.47 Å². The molecule has 3 aromatic rings. The van der Waals surface area contributed by atoms with Gasteiger partial charge in [0.1, 0.15) is 22.2 Å². The van der Waals surface area contributed by atoms with E-state index < -0.39 is 85.3 Å². The molecule has 1 aliphatic rings. The summed E-state index contributed by atoms with van der Waals surface area (Å²) in [5.74, 6) is -3.67. The number of rotatable bonds is 7. The van der Waals surface area contributed by atoms with Gasteiger partial charge in [-0.25, -0.2) is 26.4 Å². The van der Waals surface area contributed by atoms with Gasteiger partial charge in [-0.3, -0.25) is 0 Å². The van der Waals surface area contributed by atoms with Gasteiger partial charge < -0.3 is 14.4 Å². The Hall–Kier alpha value is -3.79. The highest BCUT2D eigenvalue weighted by atomic mass is 32.2. The minimum Gasteiger partial charge on any atom is -0.453 e. The topological polar surface area (TPSA) is 72.9 Å². The molecule has 1 amide bonds. The SMILES string of the molecule is COC(=O)N1CCC(c2ccc(C(OCc3c(F)cccc3F)(C(F)(F)F)C(F)(F)F)cc2)(S(=O)(=O)c2ccc(F)cc2)C1. The predicted octanol–water partition coefficient (Wildman–Crippen LogP) is 6.78. The van der Waals surface area contributed by atoms with Crippen LogP contribution in [-0.4, -0.2) is 52.0 Å². The molecule has 6 nitrogen and oxygen atoms in total. The number of nitrogens with zero attached hydrogens (tertiary/aromatic N) is 1. The maximum absolute atomic E-state index is 14.3. The normalized spacial score (nSPS) is 18.0. The molecule has 4 rings (SSSR count). The van der Waals surface area contributed by atoms with Crippen LogP contribution in [0.4, 0.5) is 44.3 Å². The maximum Gasteiger partial charge on any atom is 0.430 e. The molecule has 0 saturated carbocycles. The van der Waals surface area contributed by atoms with Crippen molar-refractivity contribution in [2.24, 2.45) is 0 Å². The zero-order chi connectivity index (χ0) is 32.7. The van der Waals surface area contributed by atoms with E-state index in [4.69, 9.17) is 0 Å². The molecule has 1 saturated heterocycles. The highest BCUT2D eigenvalue weighted by Gasteiger charge is 2.73. The molecular formula is C28H22F9NO5S. The lowest BCUT2D eigenvalue weighted by molar-refractivity contribution is -0.392. The summed E-state index contributed by atoms with van der Waals surface area (Å²) in [7, 11) is -3.56. The monoisotopic (exact) mass is 655 g/mol. The first kappa shape index (κ1) is 33.1. The molecule has 0 aliphatic carbocycles. The van der Waals surface area contributed by atoms with Crippen LogP contribution in [0, 0.1) is 17.5 Å². The van der Waals surface area contributed by atoms with E-state index in [1.54, 1.807) is 0 Å². The zero-order valence-corrected chi connectivity index (χ0v) is 23.3. The molecule has 1 unspecified atom stereocenters. The Labute approximate surface area is 244 Å². The Morgan fingerprint density at radius 1 is 0.864 bits per heavy atom. The molecule has 1 fully saturated rings. The van der Waals surface area contributed by atoms with Crippen molar-refractivity contribution >= 4 is 15.9 Å². The van der Waals surface area contributed by atoms with E-state index in [1.807, 2.05) is 0 Å². The van der Waals surface area contributed by atoms with Crippen molar-refractivity contribution in [3.05, 3.63) is 101 Å². The van der Waals surface area contributed by atoms with Gasteiger partial charge in [-0.05, 0) is 48.4 Å². The molecule has 0 aromatic heterocycles. The number of amides is 1. The van der Waals surface area contributed by atoms with Gasteiger partial charge in [0.15, 0.2) is 9.84 Å². The van der Waals surface area contributed by atoms with Crippen molar-refractivity contribution < 1.29 is 62.2 Å². The van der Waals surface area contributed by atoms with Gasteiger partial charge in [0.2, 0.25) is 0 Å². The van der Waals surface area contributed by atoms with Gasteiger partial charge in [0.25, 0.3) is 5.60 Å². The second kappa shape index (κ2) is 11.6. The summed E-state index contributed by atoms with van der Waals surface area (Å²) >= 11 is 0. The van der Waals surface area contributed by atoms with E-state index in [0.717, 1.165) is 42.3 Å². The summed E-state index contributed by atoms with van der Waals surface area (Å²) in [5, 5.41) is 0. The minimum absolute atomic E-state index is 0.221. The highest BCUT2D eigenvalue weighted by molar-refractivity contribution is 7.92. The third-order valence-electron chi connectivity index (χ3n) is 7.41. The zero-order valence-electron chi connectivity index (χ0n) is 22.5. The summed E-state index contributed by atoms with van der Waals surface area (Å²) in [6, 6.07) is 7.74. The summed E-state index contributed by atoms with van der Waals surface area (Å²) < 4.78 is 162. The number of halogens is 9. The number of carbonyl (C=O) groups excluding carboxylic acids is 1. The van der Waals surface area contributed by atoms with Gasteiger partial charge in [-0.15, -0.1) is 0 Å². The fourth-order valence-electron chi connectivity index (χ4n) is 5.11. The highest BCUT2D eigenvalue weighted by Crippen LogP contribution is 2.54. The van der Waals surface area contributed by atoms with E-state index in [9.17, 15) is 52.7 Å². The molecule has 44 heavy (non-hydrogen) atoms. The molecule has 0 bridgehead atoms. The third-order valence-corrected chi connectivity index (χ3v) is 9.90. The van der Waals surface area contributed by atoms with Gasteiger partial charge in [-0.2, -0.15) is 26.3 Å². The van der Waals surface area contributed by atoms with Gasteiger partial charge in [0, 0.05) is 24.2 Å². The number of likely N-dealkylation sites (tertiary alicyclic amines) is 1. The van der Waals surface area contributed by atoms with Crippen molar-refractivity contribution in [2.75, 3.05) is 20.2 Å². The van der Waals surface area contributed by atoms with Crippen molar-refractivity contribution in [1.29, 1.82) is 0 Å². The summed E-state index contributed by atoms with van der Waals surface area (Å²) in [5.41, 5.74) is -8.13. The molecule has 1 heterocycles. The number of alkyl halides is 6. The van der Waals surface area contributed by atoms with Crippen LogP contribution in [0.1, 0.15) is 23.1 Å². The van der Waals surface area contributed by atoms with Crippen molar-refractivity contribution in [1.82, 2.24) is 4.90 Å². The average Bonchev–Trinajstić information content (AvgIpc) is 3.41. The predicted molar refractivity (Wildman–Crippen MR) is 135 cm³/mol. The number of benzene rings is 3. The molecule has 0 radical (unpaired) electrons. The number of methoxy groups -OCH3 is 1. The minimum atomic E-state index is -6.22. The molecule has 0 spiro atoms. The lowest BCUT2D eigenvalue weighted by Gasteiger charge is -2.38. The van der Waals surface area contributed by atoms with Crippen LogP contribution in [0.15, 0.2) is 71.6 Å². The second-order valence-electron chi connectivity index (χ2n) is 9.84. The van der Waals surface area contributed by atoms with E-state index in [1.165, 1.54) is 0 Å². The van der Waals surface area contributed by atoms with Crippen LogP contribution in [0.2, 0.25) is 0 Å². The Morgan fingerprint density at radius 3 is 1.91 bits per heavy atom. The molecule has 1 aliphatic heterocycles. The Morgan fingerprint density at radius 2 is 1.41 bits per heavy atom. The van der Waals surface area contributed by atoms with Crippen LogP contribution >= 0.6 is 0 Å². The van der Waals surface area contributed by atoms with Crippen molar-refractivity contribution in [3.63, 3.8) is 0 Å². The first-order chi connectivity index (χ1) is 20.4. The van der Waals surface area contributed by atoms with Crippen LogP contribution in [-0.2, 0) is 36.3 Å². The van der Waals surface area contributed by atoms with Crippen molar-refractivity contribution in [3.8, 4) is 0 Å². The van der Waals surface area contributed by atoms with E-state index in [-0.39, 0.29) is 18.5 Å². The van der Waals surface area contributed by atoms with Gasteiger partial charge >= 0.3 is 18.4 Å². The number of hydrogen-bond acceptors (Lipinski definition) is 5. The fraction of sp³-hybridized carbons (Fsp3) is 0.321. The van der Waals surface area contributed by atoms with E-state index in [0.29, 0.717) is 36.4 Å². The standard InChI is InChI=1S/C28H22F9NO5S/c1-42-24(39)38-14-13-25(16-38,44(40,41)20-11-9-19(29)10-12-20)17-5-7-18(8-6-17)26(27(32,33)34,28(35,36)37)43-15-21-22(30)3-2-4-23(21)31/h2-12H,13-16H2,1H3. The number of ether oxygens (including phenoxy) is 2. The molecule has 16 heteroatoms. The van der Waals surface area contributed by atoms with Crippen LogP contribution < -0.4 is 0 Å². The number of carbonyl (C=O) groups is 1. The second-order valence-corrected chi connectivity index (χ2v) is 12.1. The first-order valence-electron chi connectivity index (χ1n) is 12.6. The number of hydrogen-bond donors (Lipinski definition) is 0. The third kappa shape index (κ3) is 5.49. The average molecular weight is 656 g/mol. The Bertz CT molecular complexity index is 1590. The molecule has 238 valence electrons. The molecular weight excluding hydrogens is 633 g/mol. The smallest absolute Gasteiger partial charge is 0.430 e. The summed E-state index contributed by atoms with van der Waals surface area (Å²) in [6.45, 7) is -2.59. The fourth-order valence-corrected chi connectivity index (χ4v) is 7.19. The van der Waals surface area contributed by atoms with Crippen LogP contribution in [0.25, 0.3) is 0 Å². The quantitative estimate of drug-likeness (QED) is 0.207. The first-order valence-corrected chi connectivity index (χ1v) is 14.0. The summed E-state index contributed by atoms with van der Waals surface area (Å²) in [6.07, 6.45) is -13.7. The van der Waals surface area contributed by atoms with E-state index >= 15 is 0 Å². The summed E-state index contributed by atoms with van der Waals surface area (Å²) in [4.78, 5) is 12.8. The van der Waals surface area contributed by atoms with Crippen LogP contribution in [0.3, 0.4) is 0 Å². The molecule has 1 atom stereocenters. The lowest BCUT2D eigenvalue weighted by Crippen LogP contribution is -2.56. The number of sulfone groups is 1. The van der Waals surface area contributed by atoms with Gasteiger partial charge in [-0.1, -0.05) is 30.3 Å². The largest absolute Gasteiger partial charge is 0.453 e. The molecule has 3 aromatic carbocycles. The molecule has 0 N–H and O–H groups in total. The van der Waals surface area contributed by atoms with Gasteiger partial charge in [0.05, 0.1) is 18.6 Å². The van der Waals surface area contributed by atoms with Crippen LogP contribution in [0.5, 0.6) is 0 Å².